The topological polar surface area (TPSA) is 29.1 Å². The van der Waals surface area contributed by atoms with Gasteiger partial charge in [0.05, 0.1) is 5.69 Å². The van der Waals surface area contributed by atoms with Crippen LogP contribution in [0.1, 0.15) is 10.4 Å². The molecule has 2 aromatic carbocycles. The Balaban J connectivity index is 2.21. The zero-order valence-electron chi connectivity index (χ0n) is 9.15. The van der Waals surface area contributed by atoms with Crippen LogP contribution in [-0.4, -0.2) is 5.91 Å². The van der Waals surface area contributed by atoms with Crippen molar-refractivity contribution in [3.63, 3.8) is 0 Å². The van der Waals surface area contributed by atoms with Gasteiger partial charge in [0, 0.05) is 14.9 Å². The van der Waals surface area contributed by atoms with E-state index in [4.69, 9.17) is 0 Å². The molecule has 2 rings (SSSR count). The predicted octanol–water partition coefficient (Wildman–Crippen LogP) is 4.13. The van der Waals surface area contributed by atoms with Gasteiger partial charge in [0.2, 0.25) is 0 Å². The van der Waals surface area contributed by atoms with Gasteiger partial charge < -0.3 is 5.32 Å². The average Bonchev–Trinajstić information content (AvgIpc) is 2.34. The maximum atomic E-state index is 13.1. The molecule has 0 aliphatic carbocycles. The summed E-state index contributed by atoms with van der Waals surface area (Å²) in [6.45, 7) is 0. The lowest BCUT2D eigenvalue weighted by atomic mass is 10.2. The summed E-state index contributed by atoms with van der Waals surface area (Å²) >= 11 is 7.39. The molecule has 0 atom stereocenters. The van der Waals surface area contributed by atoms with Crippen molar-refractivity contribution in [3.8, 4) is 0 Å². The summed E-state index contributed by atoms with van der Waals surface area (Å²) in [4.78, 5) is 12.7. The third kappa shape index (κ3) is 3.11. The largest absolute Gasteiger partial charge is 0.321 e. The standard InChI is InChI=1S/C13H9BrFNOS/c14-11-6-3-9(15)7-12(11)16-13(17)8-1-4-10(18)5-2-8/h1-7,18H,(H,16,17). The highest BCUT2D eigenvalue weighted by Gasteiger charge is 2.08. The first-order valence-corrected chi connectivity index (χ1v) is 6.36. The Morgan fingerprint density at radius 1 is 1.17 bits per heavy atom. The van der Waals surface area contributed by atoms with Gasteiger partial charge in [-0.15, -0.1) is 12.6 Å². The quantitative estimate of drug-likeness (QED) is 0.799. The molecule has 0 heterocycles. The molecule has 0 aliphatic rings. The van der Waals surface area contributed by atoms with Gasteiger partial charge >= 0.3 is 0 Å². The van der Waals surface area contributed by atoms with E-state index in [0.717, 1.165) is 4.90 Å². The highest BCUT2D eigenvalue weighted by molar-refractivity contribution is 9.10. The highest BCUT2D eigenvalue weighted by Crippen LogP contribution is 2.23. The van der Waals surface area contributed by atoms with Crippen molar-refractivity contribution in [2.75, 3.05) is 5.32 Å². The second kappa shape index (κ2) is 5.54. The molecule has 0 aliphatic heterocycles. The number of thiol groups is 1. The number of benzene rings is 2. The van der Waals surface area contributed by atoms with Crippen molar-refractivity contribution in [1.82, 2.24) is 0 Å². The minimum atomic E-state index is -0.404. The van der Waals surface area contributed by atoms with Gasteiger partial charge in [0.15, 0.2) is 0 Å². The predicted molar refractivity (Wildman–Crippen MR) is 75.7 cm³/mol. The van der Waals surface area contributed by atoms with E-state index < -0.39 is 5.82 Å². The lowest BCUT2D eigenvalue weighted by molar-refractivity contribution is 0.102. The Bertz CT molecular complexity index is 586. The summed E-state index contributed by atoms with van der Waals surface area (Å²) in [5, 5.41) is 2.64. The van der Waals surface area contributed by atoms with Gasteiger partial charge in [-0.3, -0.25) is 4.79 Å². The van der Waals surface area contributed by atoms with E-state index in [0.29, 0.717) is 15.7 Å². The van der Waals surface area contributed by atoms with Crippen LogP contribution < -0.4 is 5.32 Å². The Labute approximate surface area is 118 Å². The maximum absolute atomic E-state index is 13.1. The van der Waals surface area contributed by atoms with Crippen molar-refractivity contribution >= 4 is 40.2 Å². The molecule has 0 saturated heterocycles. The zero-order chi connectivity index (χ0) is 13.1. The molecular weight excluding hydrogens is 317 g/mol. The monoisotopic (exact) mass is 325 g/mol. The fourth-order valence-electron chi connectivity index (χ4n) is 1.40. The number of nitrogens with one attached hydrogen (secondary N) is 1. The van der Waals surface area contributed by atoms with Crippen molar-refractivity contribution in [2.24, 2.45) is 0 Å². The zero-order valence-corrected chi connectivity index (χ0v) is 11.6. The van der Waals surface area contributed by atoms with Gasteiger partial charge in [0.25, 0.3) is 5.91 Å². The summed E-state index contributed by atoms with van der Waals surface area (Å²) in [5.41, 5.74) is 0.888. The number of amides is 1. The normalized spacial score (nSPS) is 10.2. The smallest absolute Gasteiger partial charge is 0.255 e. The maximum Gasteiger partial charge on any atom is 0.255 e. The van der Waals surface area contributed by atoms with Crippen LogP contribution in [0, 0.1) is 5.82 Å². The first-order chi connectivity index (χ1) is 8.56. The van der Waals surface area contributed by atoms with Gasteiger partial charge in [-0.05, 0) is 58.4 Å². The molecule has 0 aromatic heterocycles. The summed E-state index contributed by atoms with van der Waals surface area (Å²) in [6.07, 6.45) is 0. The Morgan fingerprint density at radius 2 is 1.83 bits per heavy atom. The Morgan fingerprint density at radius 3 is 2.50 bits per heavy atom. The van der Waals surface area contributed by atoms with Crippen LogP contribution in [0.3, 0.4) is 0 Å². The molecule has 0 bridgehead atoms. The molecule has 0 fully saturated rings. The van der Waals surface area contributed by atoms with Crippen LogP contribution >= 0.6 is 28.6 Å². The molecule has 92 valence electrons. The number of anilines is 1. The van der Waals surface area contributed by atoms with E-state index >= 15 is 0 Å². The lowest BCUT2D eigenvalue weighted by Gasteiger charge is -2.07. The average molecular weight is 326 g/mol. The van der Waals surface area contributed by atoms with E-state index in [1.54, 1.807) is 30.3 Å². The molecule has 1 amide bonds. The van der Waals surface area contributed by atoms with E-state index in [2.05, 4.69) is 33.9 Å². The molecule has 18 heavy (non-hydrogen) atoms. The number of hydrogen-bond acceptors (Lipinski definition) is 2. The minimum absolute atomic E-state index is 0.297. The number of carbonyl (C=O) groups is 1. The minimum Gasteiger partial charge on any atom is -0.321 e. The summed E-state index contributed by atoms with van der Waals surface area (Å²) in [7, 11) is 0. The third-order valence-electron chi connectivity index (χ3n) is 2.31. The van der Waals surface area contributed by atoms with Crippen LogP contribution in [-0.2, 0) is 0 Å². The Kier molecular flexibility index (Phi) is 4.04. The molecule has 1 N–H and O–H groups in total. The lowest BCUT2D eigenvalue weighted by Crippen LogP contribution is -2.12. The van der Waals surface area contributed by atoms with Crippen molar-refractivity contribution in [2.45, 2.75) is 4.90 Å². The molecule has 0 unspecified atom stereocenters. The fourth-order valence-corrected chi connectivity index (χ4v) is 1.90. The van der Waals surface area contributed by atoms with E-state index in [1.807, 2.05) is 0 Å². The van der Waals surface area contributed by atoms with E-state index in [-0.39, 0.29) is 5.91 Å². The third-order valence-corrected chi connectivity index (χ3v) is 3.30. The molecule has 2 nitrogen and oxygen atoms in total. The number of rotatable bonds is 2. The van der Waals surface area contributed by atoms with Crippen LogP contribution in [0.5, 0.6) is 0 Å². The van der Waals surface area contributed by atoms with Crippen molar-refractivity contribution in [1.29, 1.82) is 0 Å². The first-order valence-electron chi connectivity index (χ1n) is 5.12. The molecule has 0 radical (unpaired) electrons. The molecular formula is C13H9BrFNOS. The Hall–Kier alpha value is -1.33. The van der Waals surface area contributed by atoms with Gasteiger partial charge in [-0.2, -0.15) is 0 Å². The number of hydrogen-bond donors (Lipinski definition) is 2. The van der Waals surface area contributed by atoms with Gasteiger partial charge in [-0.1, -0.05) is 0 Å². The second-order valence-electron chi connectivity index (χ2n) is 3.63. The number of halogens is 2. The molecule has 0 spiro atoms. The summed E-state index contributed by atoms with van der Waals surface area (Å²) in [5.74, 6) is -0.700. The van der Waals surface area contributed by atoms with Crippen LogP contribution in [0.2, 0.25) is 0 Å². The highest BCUT2D eigenvalue weighted by atomic mass is 79.9. The van der Waals surface area contributed by atoms with Crippen LogP contribution in [0.15, 0.2) is 51.8 Å². The van der Waals surface area contributed by atoms with Gasteiger partial charge in [0.1, 0.15) is 5.82 Å². The first kappa shape index (κ1) is 13.1. The fraction of sp³-hybridized carbons (Fsp3) is 0. The molecule has 5 heteroatoms. The second-order valence-corrected chi connectivity index (χ2v) is 5.00. The summed E-state index contributed by atoms with van der Waals surface area (Å²) in [6, 6.07) is 10.9. The van der Waals surface area contributed by atoms with Crippen LogP contribution in [0.25, 0.3) is 0 Å². The van der Waals surface area contributed by atoms with Gasteiger partial charge in [-0.25, -0.2) is 4.39 Å². The van der Waals surface area contributed by atoms with E-state index in [1.165, 1.54) is 12.1 Å². The van der Waals surface area contributed by atoms with E-state index in [9.17, 15) is 9.18 Å². The molecule has 2 aromatic rings. The summed E-state index contributed by atoms with van der Waals surface area (Å²) < 4.78 is 13.7. The van der Waals surface area contributed by atoms with Crippen molar-refractivity contribution in [3.05, 3.63) is 58.3 Å². The van der Waals surface area contributed by atoms with Crippen LogP contribution in [0.4, 0.5) is 10.1 Å². The molecule has 0 saturated carbocycles. The SMILES string of the molecule is O=C(Nc1cc(F)ccc1Br)c1ccc(S)cc1. The van der Waals surface area contributed by atoms with Crippen molar-refractivity contribution < 1.29 is 9.18 Å². The number of carbonyl (C=O) groups excluding carboxylic acids is 1.